The molecule has 1 atom stereocenters. The Bertz CT molecular complexity index is 429. The molecule has 1 unspecified atom stereocenters. The van der Waals surface area contributed by atoms with Gasteiger partial charge in [0.1, 0.15) is 6.04 Å². The number of primary amides is 1. The van der Waals surface area contributed by atoms with Crippen LogP contribution in [-0.2, 0) is 14.4 Å². The van der Waals surface area contributed by atoms with Gasteiger partial charge >= 0.3 is 0 Å². The molecule has 0 bridgehead atoms. The van der Waals surface area contributed by atoms with Crippen molar-refractivity contribution in [2.24, 2.45) is 17.1 Å². The maximum atomic E-state index is 12.4. The molecule has 0 spiro atoms. The summed E-state index contributed by atoms with van der Waals surface area (Å²) in [5, 5.41) is 5.55. The lowest BCUT2D eigenvalue weighted by molar-refractivity contribution is -0.131. The third-order valence-corrected chi connectivity index (χ3v) is 4.70. The van der Waals surface area contributed by atoms with Crippen LogP contribution < -0.4 is 16.4 Å². The Labute approximate surface area is 138 Å². The molecule has 0 aliphatic heterocycles. The number of amides is 3. The highest BCUT2D eigenvalue weighted by Gasteiger charge is 2.33. The Morgan fingerprint density at radius 2 is 1.74 bits per heavy atom. The molecule has 23 heavy (non-hydrogen) atoms. The molecule has 0 aromatic heterocycles. The van der Waals surface area contributed by atoms with Crippen LogP contribution in [0.1, 0.15) is 65.7 Å². The van der Waals surface area contributed by atoms with Crippen molar-refractivity contribution in [2.45, 2.75) is 71.8 Å². The minimum Gasteiger partial charge on any atom is -0.370 e. The smallest absolute Gasteiger partial charge is 0.243 e. The Hall–Kier alpha value is -1.59. The fourth-order valence-electron chi connectivity index (χ4n) is 3.21. The van der Waals surface area contributed by atoms with E-state index in [-0.39, 0.29) is 29.6 Å². The molecule has 0 heterocycles. The average molecular weight is 325 g/mol. The second kappa shape index (κ2) is 8.89. The van der Waals surface area contributed by atoms with Gasteiger partial charge in [0.25, 0.3) is 0 Å². The van der Waals surface area contributed by atoms with Crippen molar-refractivity contribution < 1.29 is 14.4 Å². The van der Waals surface area contributed by atoms with Crippen LogP contribution in [0.2, 0.25) is 0 Å². The molecular weight excluding hydrogens is 294 g/mol. The maximum absolute atomic E-state index is 12.4. The number of rotatable bonds is 9. The topological polar surface area (TPSA) is 101 Å². The van der Waals surface area contributed by atoms with E-state index < -0.39 is 11.9 Å². The molecule has 1 aliphatic rings. The van der Waals surface area contributed by atoms with Crippen LogP contribution in [0.25, 0.3) is 0 Å². The van der Waals surface area contributed by atoms with Crippen molar-refractivity contribution in [3.05, 3.63) is 0 Å². The Morgan fingerprint density at radius 1 is 1.13 bits per heavy atom. The van der Waals surface area contributed by atoms with Crippen molar-refractivity contribution in [2.75, 3.05) is 6.54 Å². The summed E-state index contributed by atoms with van der Waals surface area (Å²) in [6, 6.07) is -0.881. The second-order valence-corrected chi connectivity index (χ2v) is 7.17. The van der Waals surface area contributed by atoms with Gasteiger partial charge in [0, 0.05) is 13.0 Å². The molecule has 3 amide bonds. The highest BCUT2D eigenvalue weighted by atomic mass is 16.2. The van der Waals surface area contributed by atoms with E-state index in [0.717, 1.165) is 19.3 Å². The first kappa shape index (κ1) is 19.5. The number of carbonyl (C=O) groups is 3. The monoisotopic (exact) mass is 325 g/mol. The fraction of sp³-hybridized carbons (Fsp3) is 0.824. The van der Waals surface area contributed by atoms with E-state index in [2.05, 4.69) is 17.6 Å². The SMILES string of the molecule is CCC1(CNC(=O)C(CC(N)=O)NC(=O)CC(C)C)CCCC1. The number of nitrogens with two attached hydrogens (primary N) is 1. The van der Waals surface area contributed by atoms with Crippen LogP contribution in [-0.4, -0.2) is 30.3 Å². The van der Waals surface area contributed by atoms with Crippen molar-refractivity contribution in [1.29, 1.82) is 0 Å². The predicted molar refractivity (Wildman–Crippen MR) is 89.4 cm³/mol. The van der Waals surface area contributed by atoms with Gasteiger partial charge in [-0.3, -0.25) is 14.4 Å². The van der Waals surface area contributed by atoms with E-state index in [1.54, 1.807) is 0 Å². The van der Waals surface area contributed by atoms with Gasteiger partial charge in [-0.15, -0.1) is 0 Å². The van der Waals surface area contributed by atoms with E-state index in [1.807, 2.05) is 13.8 Å². The van der Waals surface area contributed by atoms with Gasteiger partial charge in [0.2, 0.25) is 17.7 Å². The van der Waals surface area contributed by atoms with E-state index in [0.29, 0.717) is 13.0 Å². The first-order valence-corrected chi connectivity index (χ1v) is 8.63. The van der Waals surface area contributed by atoms with E-state index >= 15 is 0 Å². The third kappa shape index (κ3) is 6.59. The summed E-state index contributed by atoms with van der Waals surface area (Å²) in [6.07, 6.45) is 5.79. The lowest BCUT2D eigenvalue weighted by Crippen LogP contribution is -2.50. The number of hydrogen-bond donors (Lipinski definition) is 3. The molecule has 1 fully saturated rings. The predicted octanol–water partition coefficient (Wildman–Crippen LogP) is 1.48. The summed E-state index contributed by atoms with van der Waals surface area (Å²) in [4.78, 5) is 35.5. The van der Waals surface area contributed by atoms with Gasteiger partial charge in [-0.1, -0.05) is 33.6 Å². The largest absolute Gasteiger partial charge is 0.370 e. The maximum Gasteiger partial charge on any atom is 0.243 e. The highest BCUT2D eigenvalue weighted by Crippen LogP contribution is 2.40. The molecule has 6 heteroatoms. The zero-order valence-corrected chi connectivity index (χ0v) is 14.6. The van der Waals surface area contributed by atoms with Gasteiger partial charge in [0.05, 0.1) is 6.42 Å². The molecule has 0 radical (unpaired) electrons. The minimum atomic E-state index is -0.881. The van der Waals surface area contributed by atoms with Crippen molar-refractivity contribution in [1.82, 2.24) is 10.6 Å². The molecule has 6 nitrogen and oxygen atoms in total. The summed E-state index contributed by atoms with van der Waals surface area (Å²) in [5.41, 5.74) is 5.37. The second-order valence-electron chi connectivity index (χ2n) is 7.17. The lowest BCUT2D eigenvalue weighted by Gasteiger charge is -2.29. The summed E-state index contributed by atoms with van der Waals surface area (Å²) in [6.45, 7) is 6.59. The molecule has 0 aromatic rings. The molecule has 4 N–H and O–H groups in total. The molecule has 132 valence electrons. The molecular formula is C17H31N3O3. The van der Waals surface area contributed by atoms with Gasteiger partial charge < -0.3 is 16.4 Å². The number of carbonyl (C=O) groups excluding carboxylic acids is 3. The molecule has 0 saturated heterocycles. The van der Waals surface area contributed by atoms with Crippen molar-refractivity contribution in [3.8, 4) is 0 Å². The Morgan fingerprint density at radius 3 is 2.22 bits per heavy atom. The zero-order valence-electron chi connectivity index (χ0n) is 14.6. The minimum absolute atomic E-state index is 0.162. The Kier molecular flexibility index (Phi) is 7.52. The van der Waals surface area contributed by atoms with E-state index in [9.17, 15) is 14.4 Å². The average Bonchev–Trinajstić information content (AvgIpc) is 2.92. The summed E-state index contributed by atoms with van der Waals surface area (Å²) in [7, 11) is 0. The van der Waals surface area contributed by atoms with Gasteiger partial charge in [-0.2, -0.15) is 0 Å². The molecule has 0 aromatic carbocycles. The van der Waals surface area contributed by atoms with Crippen LogP contribution in [0.5, 0.6) is 0 Å². The first-order chi connectivity index (χ1) is 10.8. The Balaban J connectivity index is 2.60. The fourth-order valence-corrected chi connectivity index (χ4v) is 3.21. The van der Waals surface area contributed by atoms with E-state index in [4.69, 9.17) is 5.73 Å². The summed E-state index contributed by atoms with van der Waals surface area (Å²) in [5.74, 6) is -0.955. The standard InChI is InChI=1S/C17H31N3O3/c1-4-17(7-5-6-8-17)11-19-16(23)13(10-14(18)21)20-15(22)9-12(2)3/h12-13H,4-11H2,1-3H3,(H2,18,21)(H,19,23)(H,20,22). The quantitative estimate of drug-likeness (QED) is 0.598. The van der Waals surface area contributed by atoms with Crippen LogP contribution in [0.15, 0.2) is 0 Å². The number of hydrogen-bond acceptors (Lipinski definition) is 3. The molecule has 1 saturated carbocycles. The van der Waals surface area contributed by atoms with E-state index in [1.165, 1.54) is 12.8 Å². The first-order valence-electron chi connectivity index (χ1n) is 8.63. The molecule has 1 aliphatic carbocycles. The van der Waals surface area contributed by atoms with Gasteiger partial charge in [0.15, 0.2) is 0 Å². The number of nitrogens with one attached hydrogen (secondary N) is 2. The molecule has 1 rings (SSSR count). The van der Waals surface area contributed by atoms with Gasteiger partial charge in [-0.05, 0) is 30.6 Å². The summed E-state index contributed by atoms with van der Waals surface area (Å²) >= 11 is 0. The highest BCUT2D eigenvalue weighted by molar-refractivity contribution is 5.91. The van der Waals surface area contributed by atoms with Crippen LogP contribution in [0.4, 0.5) is 0 Å². The van der Waals surface area contributed by atoms with Crippen molar-refractivity contribution in [3.63, 3.8) is 0 Å². The zero-order chi connectivity index (χ0) is 17.5. The third-order valence-electron chi connectivity index (χ3n) is 4.70. The summed E-state index contributed by atoms with van der Waals surface area (Å²) < 4.78 is 0. The van der Waals surface area contributed by atoms with Gasteiger partial charge in [-0.25, -0.2) is 0 Å². The lowest BCUT2D eigenvalue weighted by atomic mass is 9.83. The van der Waals surface area contributed by atoms with Crippen LogP contribution >= 0.6 is 0 Å². The normalized spacial score (nSPS) is 17.7. The van der Waals surface area contributed by atoms with Crippen molar-refractivity contribution >= 4 is 17.7 Å². The van der Waals surface area contributed by atoms with Crippen LogP contribution in [0.3, 0.4) is 0 Å². The van der Waals surface area contributed by atoms with Crippen LogP contribution in [0, 0.1) is 11.3 Å².